The van der Waals surface area contributed by atoms with Crippen LogP contribution >= 0.6 is 0 Å². The highest BCUT2D eigenvalue weighted by atomic mass is 32.2. The van der Waals surface area contributed by atoms with Crippen molar-refractivity contribution in [2.75, 3.05) is 43.7 Å². The second kappa shape index (κ2) is 8.83. The third-order valence-corrected chi connectivity index (χ3v) is 5.63. The number of nitrogens with one attached hydrogen (secondary N) is 1. The van der Waals surface area contributed by atoms with Gasteiger partial charge >= 0.3 is 0 Å². The van der Waals surface area contributed by atoms with Crippen molar-refractivity contribution in [3.63, 3.8) is 0 Å². The third-order valence-electron chi connectivity index (χ3n) is 4.41. The number of benzene rings is 1. The van der Waals surface area contributed by atoms with Gasteiger partial charge in [0.05, 0.1) is 12.4 Å². The molecule has 1 unspecified atom stereocenters. The number of nitrogens with zero attached hydrogens (tertiary/aromatic N) is 2. The van der Waals surface area contributed by atoms with E-state index in [2.05, 4.69) is 5.32 Å². The van der Waals surface area contributed by atoms with E-state index in [9.17, 15) is 13.2 Å². The summed E-state index contributed by atoms with van der Waals surface area (Å²) in [5, 5.41) is 2.83. The molecule has 0 bridgehead atoms. The molecule has 1 aromatic carbocycles. The van der Waals surface area contributed by atoms with E-state index in [4.69, 9.17) is 4.74 Å². The van der Waals surface area contributed by atoms with Crippen LogP contribution in [0.4, 0.5) is 11.4 Å². The fraction of sp³-hybridized carbons (Fsp3) is 0.611. The number of rotatable bonds is 8. The monoisotopic (exact) mass is 383 g/mol. The van der Waals surface area contributed by atoms with Gasteiger partial charge in [-0.05, 0) is 36.6 Å². The Morgan fingerprint density at radius 2 is 2.08 bits per heavy atom. The molecule has 1 aliphatic heterocycles. The van der Waals surface area contributed by atoms with E-state index in [1.807, 2.05) is 37.2 Å². The maximum absolute atomic E-state index is 12.3. The molecule has 1 atom stereocenters. The Morgan fingerprint density at radius 3 is 2.62 bits per heavy atom. The predicted molar refractivity (Wildman–Crippen MR) is 104 cm³/mol. The van der Waals surface area contributed by atoms with Crippen molar-refractivity contribution >= 4 is 27.3 Å². The average Bonchev–Trinajstić information content (AvgIpc) is 3.06. The number of anilines is 2. The topological polar surface area (TPSA) is 79.0 Å². The highest BCUT2D eigenvalue weighted by Gasteiger charge is 2.26. The van der Waals surface area contributed by atoms with Crippen LogP contribution in [0.3, 0.4) is 0 Å². The molecule has 1 heterocycles. The van der Waals surface area contributed by atoms with Gasteiger partial charge in [0, 0.05) is 51.6 Å². The Hall–Kier alpha value is -1.64. The smallest absolute Gasteiger partial charge is 0.224 e. The predicted octanol–water partition coefficient (Wildman–Crippen LogP) is 2.04. The Labute approximate surface area is 156 Å². The molecule has 0 radical (unpaired) electrons. The Kier molecular flexibility index (Phi) is 7.02. The molecule has 0 aromatic heterocycles. The van der Waals surface area contributed by atoms with E-state index >= 15 is 0 Å². The molecule has 26 heavy (non-hydrogen) atoms. The number of amides is 1. The van der Waals surface area contributed by atoms with Gasteiger partial charge in [-0.15, -0.1) is 0 Å². The summed E-state index contributed by atoms with van der Waals surface area (Å²) in [6.07, 6.45) is 3.39. The van der Waals surface area contributed by atoms with E-state index in [1.165, 1.54) is 10.6 Å². The highest BCUT2D eigenvalue weighted by Crippen LogP contribution is 2.26. The quantitative estimate of drug-likeness (QED) is 0.743. The molecule has 2 rings (SSSR count). The summed E-state index contributed by atoms with van der Waals surface area (Å²) in [5.41, 5.74) is 2.43. The number of carbonyl (C=O) groups excluding carboxylic acids is 1. The molecule has 146 valence electrons. The first-order valence-electron chi connectivity index (χ1n) is 8.87. The fourth-order valence-electron chi connectivity index (χ4n) is 3.00. The zero-order valence-electron chi connectivity index (χ0n) is 16.0. The van der Waals surface area contributed by atoms with Gasteiger partial charge in [0.1, 0.15) is 0 Å². The average molecular weight is 384 g/mol. The maximum atomic E-state index is 12.3. The van der Waals surface area contributed by atoms with E-state index < -0.39 is 10.0 Å². The minimum Gasteiger partial charge on any atom is -0.377 e. The number of sulfonamides is 1. The lowest BCUT2D eigenvalue weighted by atomic mass is 10.1. The molecule has 1 amide bonds. The van der Waals surface area contributed by atoms with Crippen molar-refractivity contribution in [2.45, 2.75) is 38.8 Å². The summed E-state index contributed by atoms with van der Waals surface area (Å²) in [6.45, 7) is 3.06. The standard InChI is InChI=1S/C18H29N3O4S/c1-5-18(22)19-15-8-9-17(20(2)3)14(11-15)12-21(26(4,23)24)13-16-7-6-10-25-16/h8-9,11,16H,5-7,10,12-13H2,1-4H3,(H,19,22). The number of ether oxygens (including phenoxy) is 1. The van der Waals surface area contributed by atoms with Gasteiger partial charge in [0.25, 0.3) is 0 Å². The number of carbonyl (C=O) groups is 1. The molecule has 1 saturated heterocycles. The minimum atomic E-state index is -3.39. The van der Waals surface area contributed by atoms with Gasteiger partial charge in [-0.25, -0.2) is 8.42 Å². The van der Waals surface area contributed by atoms with Crippen LogP contribution in [0.5, 0.6) is 0 Å². The number of hydrogen-bond donors (Lipinski definition) is 1. The molecular weight excluding hydrogens is 354 g/mol. The van der Waals surface area contributed by atoms with Gasteiger partial charge in [-0.1, -0.05) is 6.92 Å². The van der Waals surface area contributed by atoms with Crippen molar-refractivity contribution < 1.29 is 17.9 Å². The SMILES string of the molecule is CCC(=O)Nc1ccc(N(C)C)c(CN(CC2CCCO2)S(C)(=O)=O)c1. The molecule has 1 N–H and O–H groups in total. The first kappa shape index (κ1) is 20.7. The van der Waals surface area contributed by atoms with Crippen LogP contribution in [0.2, 0.25) is 0 Å². The van der Waals surface area contributed by atoms with E-state index in [1.54, 1.807) is 6.92 Å². The fourth-order valence-corrected chi connectivity index (χ4v) is 3.81. The lowest BCUT2D eigenvalue weighted by Crippen LogP contribution is -2.36. The molecule has 0 saturated carbocycles. The van der Waals surface area contributed by atoms with Crippen LogP contribution in [0.15, 0.2) is 18.2 Å². The second-order valence-corrected chi connectivity index (χ2v) is 8.81. The van der Waals surface area contributed by atoms with Crippen molar-refractivity contribution in [1.29, 1.82) is 0 Å². The number of hydrogen-bond acceptors (Lipinski definition) is 5. The lowest BCUT2D eigenvalue weighted by Gasteiger charge is -2.26. The van der Waals surface area contributed by atoms with Crippen molar-refractivity contribution in [3.05, 3.63) is 23.8 Å². The lowest BCUT2D eigenvalue weighted by molar-refractivity contribution is -0.115. The zero-order chi connectivity index (χ0) is 19.3. The molecule has 1 aromatic rings. The Morgan fingerprint density at radius 1 is 1.35 bits per heavy atom. The molecule has 7 nitrogen and oxygen atoms in total. The van der Waals surface area contributed by atoms with Crippen LogP contribution in [0.25, 0.3) is 0 Å². The molecule has 1 fully saturated rings. The van der Waals surface area contributed by atoms with Crippen LogP contribution in [-0.4, -0.2) is 58.2 Å². The van der Waals surface area contributed by atoms with E-state index in [0.29, 0.717) is 25.3 Å². The van der Waals surface area contributed by atoms with Crippen LogP contribution in [0, 0.1) is 0 Å². The second-order valence-electron chi connectivity index (χ2n) is 6.83. The normalized spacial score (nSPS) is 17.5. The highest BCUT2D eigenvalue weighted by molar-refractivity contribution is 7.88. The van der Waals surface area contributed by atoms with E-state index in [-0.39, 0.29) is 18.6 Å². The summed E-state index contributed by atoms with van der Waals surface area (Å²) in [5.74, 6) is -0.0760. The summed E-state index contributed by atoms with van der Waals surface area (Å²) < 4.78 is 31.7. The van der Waals surface area contributed by atoms with Gasteiger partial charge in [0.15, 0.2) is 0 Å². The summed E-state index contributed by atoms with van der Waals surface area (Å²) >= 11 is 0. The summed E-state index contributed by atoms with van der Waals surface area (Å²) in [6, 6.07) is 5.57. The van der Waals surface area contributed by atoms with Crippen LogP contribution < -0.4 is 10.2 Å². The molecule has 1 aliphatic rings. The summed E-state index contributed by atoms with van der Waals surface area (Å²) in [4.78, 5) is 13.6. The van der Waals surface area contributed by atoms with Gasteiger partial charge in [-0.3, -0.25) is 4.79 Å². The van der Waals surface area contributed by atoms with Crippen molar-refractivity contribution in [1.82, 2.24) is 4.31 Å². The zero-order valence-corrected chi connectivity index (χ0v) is 16.8. The molecule has 8 heteroatoms. The van der Waals surface area contributed by atoms with Crippen LogP contribution in [0.1, 0.15) is 31.7 Å². The molecule has 0 aliphatic carbocycles. The molecule has 0 spiro atoms. The summed E-state index contributed by atoms with van der Waals surface area (Å²) in [7, 11) is 0.435. The third kappa shape index (κ3) is 5.69. The van der Waals surface area contributed by atoms with Crippen molar-refractivity contribution in [2.24, 2.45) is 0 Å². The first-order valence-corrected chi connectivity index (χ1v) is 10.7. The van der Waals surface area contributed by atoms with Gasteiger partial charge in [0.2, 0.25) is 15.9 Å². The molecular formula is C18H29N3O4S. The van der Waals surface area contributed by atoms with E-state index in [0.717, 1.165) is 24.1 Å². The first-order chi connectivity index (χ1) is 12.2. The van der Waals surface area contributed by atoms with Crippen LogP contribution in [-0.2, 0) is 26.1 Å². The Balaban J connectivity index is 2.29. The Bertz CT molecular complexity index is 728. The van der Waals surface area contributed by atoms with Crippen molar-refractivity contribution in [3.8, 4) is 0 Å². The minimum absolute atomic E-state index is 0.0597. The van der Waals surface area contributed by atoms with Gasteiger partial charge in [-0.2, -0.15) is 4.31 Å². The maximum Gasteiger partial charge on any atom is 0.224 e. The van der Waals surface area contributed by atoms with Gasteiger partial charge < -0.3 is 15.0 Å². The largest absolute Gasteiger partial charge is 0.377 e.